The van der Waals surface area contributed by atoms with Gasteiger partial charge in [0.1, 0.15) is 0 Å². The maximum absolute atomic E-state index is 4.73. The summed E-state index contributed by atoms with van der Waals surface area (Å²) >= 11 is 4.73. The van der Waals surface area contributed by atoms with Crippen LogP contribution in [0.3, 0.4) is 0 Å². The zero-order valence-electron chi connectivity index (χ0n) is 7.05. The molecule has 2 atom stereocenters. The highest BCUT2D eigenvalue weighted by Gasteiger charge is 2.10. The summed E-state index contributed by atoms with van der Waals surface area (Å²) in [5.41, 5.74) is 1.63. The lowest BCUT2D eigenvalue weighted by molar-refractivity contribution is 0.404. The SMILES string of the molecule is CCC(C)C(CC)NC=S. The average molecular weight is 159 g/mol. The van der Waals surface area contributed by atoms with Crippen molar-refractivity contribution in [1.29, 1.82) is 0 Å². The Bertz CT molecular complexity index is 93.3. The molecule has 0 saturated carbocycles. The molecule has 0 bridgehead atoms. The van der Waals surface area contributed by atoms with Gasteiger partial charge >= 0.3 is 0 Å². The minimum Gasteiger partial charge on any atom is -0.379 e. The Morgan fingerprint density at radius 1 is 1.40 bits per heavy atom. The van der Waals surface area contributed by atoms with Crippen molar-refractivity contribution in [3.63, 3.8) is 0 Å². The predicted molar refractivity (Wildman–Crippen MR) is 50.3 cm³/mol. The molecule has 2 heteroatoms. The maximum Gasteiger partial charge on any atom is 0.0617 e. The number of hydrogen-bond donors (Lipinski definition) is 1. The van der Waals surface area contributed by atoms with Crippen molar-refractivity contribution < 1.29 is 0 Å². The summed E-state index contributed by atoms with van der Waals surface area (Å²) in [7, 11) is 0. The van der Waals surface area contributed by atoms with Gasteiger partial charge in [-0.3, -0.25) is 0 Å². The smallest absolute Gasteiger partial charge is 0.0617 e. The predicted octanol–water partition coefficient (Wildman–Crippen LogP) is 2.36. The highest BCUT2D eigenvalue weighted by molar-refractivity contribution is 7.78. The van der Waals surface area contributed by atoms with E-state index in [-0.39, 0.29) is 0 Å². The summed E-state index contributed by atoms with van der Waals surface area (Å²) in [6, 6.07) is 0.572. The average Bonchev–Trinajstić information content (AvgIpc) is 1.99. The van der Waals surface area contributed by atoms with Gasteiger partial charge in [-0.05, 0) is 12.3 Å². The first-order chi connectivity index (χ1) is 4.76. The molecule has 0 fully saturated rings. The maximum atomic E-state index is 4.73. The van der Waals surface area contributed by atoms with E-state index in [1.807, 2.05) is 0 Å². The largest absolute Gasteiger partial charge is 0.379 e. The van der Waals surface area contributed by atoms with Crippen molar-refractivity contribution >= 4 is 17.7 Å². The first-order valence-corrected chi connectivity index (χ1v) is 4.43. The molecule has 10 heavy (non-hydrogen) atoms. The van der Waals surface area contributed by atoms with E-state index in [2.05, 4.69) is 26.1 Å². The zero-order valence-corrected chi connectivity index (χ0v) is 7.87. The molecule has 0 radical (unpaired) electrons. The summed E-state index contributed by atoms with van der Waals surface area (Å²) in [5.74, 6) is 0.726. The van der Waals surface area contributed by atoms with Gasteiger partial charge < -0.3 is 5.32 Å². The lowest BCUT2D eigenvalue weighted by Gasteiger charge is -2.20. The number of hydrogen-bond acceptors (Lipinski definition) is 1. The second kappa shape index (κ2) is 5.66. The highest BCUT2D eigenvalue weighted by atomic mass is 32.1. The third kappa shape index (κ3) is 3.16. The second-order valence-corrected chi connectivity index (χ2v) is 2.92. The molecule has 0 spiro atoms. The van der Waals surface area contributed by atoms with Crippen LogP contribution in [0, 0.1) is 5.92 Å². The summed E-state index contributed by atoms with van der Waals surface area (Å²) < 4.78 is 0. The molecule has 0 aromatic heterocycles. The summed E-state index contributed by atoms with van der Waals surface area (Å²) in [6.07, 6.45) is 2.37. The first kappa shape index (κ1) is 9.89. The van der Waals surface area contributed by atoms with Crippen LogP contribution in [0.5, 0.6) is 0 Å². The van der Waals surface area contributed by atoms with Crippen LogP contribution in [0.4, 0.5) is 0 Å². The molecular weight excluding hydrogens is 142 g/mol. The van der Waals surface area contributed by atoms with Crippen molar-refractivity contribution in [2.45, 2.75) is 39.7 Å². The number of rotatable bonds is 5. The second-order valence-electron chi connectivity index (χ2n) is 2.68. The van der Waals surface area contributed by atoms with Gasteiger partial charge in [0.05, 0.1) is 5.49 Å². The van der Waals surface area contributed by atoms with Crippen LogP contribution >= 0.6 is 12.2 Å². The van der Waals surface area contributed by atoms with E-state index in [1.54, 1.807) is 5.49 Å². The van der Waals surface area contributed by atoms with Crippen molar-refractivity contribution in [3.8, 4) is 0 Å². The Balaban J connectivity index is 3.67. The van der Waals surface area contributed by atoms with Crippen LogP contribution < -0.4 is 5.32 Å². The Kier molecular flexibility index (Phi) is 5.60. The van der Waals surface area contributed by atoms with E-state index >= 15 is 0 Å². The molecular formula is C8H17NS. The van der Waals surface area contributed by atoms with Crippen molar-refractivity contribution in [1.82, 2.24) is 5.32 Å². The van der Waals surface area contributed by atoms with E-state index < -0.39 is 0 Å². The topological polar surface area (TPSA) is 12.0 Å². The molecule has 1 N–H and O–H groups in total. The van der Waals surface area contributed by atoms with Gasteiger partial charge in [-0.25, -0.2) is 0 Å². The standard InChI is InChI=1S/C8H17NS/c1-4-7(3)8(5-2)9-6-10/h6-8H,4-5H2,1-3H3,(H,9,10). The van der Waals surface area contributed by atoms with E-state index in [0.29, 0.717) is 6.04 Å². The van der Waals surface area contributed by atoms with Gasteiger partial charge in [-0.15, -0.1) is 0 Å². The van der Waals surface area contributed by atoms with Crippen LogP contribution in [0.15, 0.2) is 0 Å². The van der Waals surface area contributed by atoms with Crippen LogP contribution in [-0.2, 0) is 0 Å². The molecule has 0 heterocycles. The molecule has 2 unspecified atom stereocenters. The Hall–Kier alpha value is -0.110. The van der Waals surface area contributed by atoms with E-state index in [1.165, 1.54) is 6.42 Å². The highest BCUT2D eigenvalue weighted by Crippen LogP contribution is 2.09. The molecule has 0 aliphatic rings. The first-order valence-electron chi connectivity index (χ1n) is 3.95. The zero-order chi connectivity index (χ0) is 7.98. The van der Waals surface area contributed by atoms with Gasteiger partial charge in [-0.1, -0.05) is 39.4 Å². The summed E-state index contributed by atoms with van der Waals surface area (Å²) in [4.78, 5) is 0. The Morgan fingerprint density at radius 2 is 2.00 bits per heavy atom. The molecule has 60 valence electrons. The quantitative estimate of drug-likeness (QED) is 0.618. The minimum atomic E-state index is 0.572. The lowest BCUT2D eigenvalue weighted by atomic mass is 9.97. The molecule has 0 aromatic carbocycles. The summed E-state index contributed by atoms with van der Waals surface area (Å²) in [5, 5.41) is 3.17. The molecule has 0 saturated heterocycles. The molecule has 0 aromatic rings. The van der Waals surface area contributed by atoms with Crippen LogP contribution in [0.1, 0.15) is 33.6 Å². The van der Waals surface area contributed by atoms with Gasteiger partial charge in [0.25, 0.3) is 0 Å². The van der Waals surface area contributed by atoms with E-state index in [4.69, 9.17) is 12.2 Å². The Labute approximate surface area is 69.2 Å². The van der Waals surface area contributed by atoms with Crippen molar-refractivity contribution in [2.24, 2.45) is 5.92 Å². The summed E-state index contributed by atoms with van der Waals surface area (Å²) in [6.45, 7) is 6.64. The van der Waals surface area contributed by atoms with Crippen LogP contribution in [-0.4, -0.2) is 11.5 Å². The third-order valence-electron chi connectivity index (χ3n) is 2.05. The van der Waals surface area contributed by atoms with Crippen molar-refractivity contribution in [2.75, 3.05) is 0 Å². The van der Waals surface area contributed by atoms with Gasteiger partial charge in [0.15, 0.2) is 0 Å². The molecule has 0 aliphatic carbocycles. The van der Waals surface area contributed by atoms with Crippen LogP contribution in [0.25, 0.3) is 0 Å². The monoisotopic (exact) mass is 159 g/mol. The molecule has 0 aliphatic heterocycles. The third-order valence-corrected chi connectivity index (χ3v) is 2.19. The number of nitrogens with one attached hydrogen (secondary N) is 1. The number of thiocarbonyl (C=S) groups is 1. The fraction of sp³-hybridized carbons (Fsp3) is 0.875. The van der Waals surface area contributed by atoms with E-state index in [0.717, 1.165) is 12.3 Å². The van der Waals surface area contributed by atoms with Gasteiger partial charge in [0, 0.05) is 6.04 Å². The molecule has 0 amide bonds. The lowest BCUT2D eigenvalue weighted by Crippen LogP contribution is -2.32. The Morgan fingerprint density at radius 3 is 2.30 bits per heavy atom. The fourth-order valence-electron chi connectivity index (χ4n) is 1.06. The fourth-order valence-corrected chi connectivity index (χ4v) is 1.23. The van der Waals surface area contributed by atoms with Gasteiger partial charge in [-0.2, -0.15) is 0 Å². The van der Waals surface area contributed by atoms with Gasteiger partial charge in [0.2, 0.25) is 0 Å². The van der Waals surface area contributed by atoms with Crippen LogP contribution in [0.2, 0.25) is 0 Å². The molecule has 1 nitrogen and oxygen atoms in total. The van der Waals surface area contributed by atoms with Crippen molar-refractivity contribution in [3.05, 3.63) is 0 Å². The normalized spacial score (nSPS) is 15.9. The minimum absolute atomic E-state index is 0.572. The molecule has 0 rings (SSSR count). The van der Waals surface area contributed by atoms with E-state index in [9.17, 15) is 0 Å².